The number of ether oxygens (including phenoxy) is 3. The molecular weight excluding hydrogens is 346 g/mol. The van der Waals surface area contributed by atoms with Gasteiger partial charge in [-0.2, -0.15) is 0 Å². The second-order valence-electron chi connectivity index (χ2n) is 5.10. The molecule has 0 saturated heterocycles. The zero-order valence-electron chi connectivity index (χ0n) is 14.1. The van der Waals surface area contributed by atoms with Crippen LogP contribution in [0.3, 0.4) is 0 Å². The smallest absolute Gasteiger partial charge is 0.331 e. The number of rotatable bonds is 7. The van der Waals surface area contributed by atoms with Crippen LogP contribution in [0.25, 0.3) is 6.08 Å². The Hall–Kier alpha value is -3.22. The number of carbonyl (C=O) groups excluding carboxylic acids is 2. The highest BCUT2D eigenvalue weighted by Crippen LogP contribution is 2.20. The fourth-order valence-corrected chi connectivity index (χ4v) is 2.11. The van der Waals surface area contributed by atoms with Crippen molar-refractivity contribution >= 4 is 17.8 Å². The molecule has 2 rings (SSSR count). The minimum absolute atomic E-state index is 0.0264. The molecule has 2 aromatic rings. The number of methoxy groups -OCH3 is 2. The molecular formula is C19H16F2O5. The lowest BCUT2D eigenvalue weighted by Gasteiger charge is -2.07. The van der Waals surface area contributed by atoms with Crippen molar-refractivity contribution in [3.8, 4) is 11.5 Å². The molecule has 0 amide bonds. The number of halogens is 2. The topological polar surface area (TPSA) is 61.8 Å². The van der Waals surface area contributed by atoms with Gasteiger partial charge >= 0.3 is 5.97 Å². The summed E-state index contributed by atoms with van der Waals surface area (Å²) in [6, 6.07) is 7.62. The molecule has 0 spiro atoms. The molecule has 0 aliphatic carbocycles. The van der Waals surface area contributed by atoms with Gasteiger partial charge in [-0.1, -0.05) is 6.07 Å². The van der Waals surface area contributed by atoms with Crippen LogP contribution in [-0.2, 0) is 9.53 Å². The van der Waals surface area contributed by atoms with Crippen molar-refractivity contribution in [3.05, 3.63) is 65.2 Å². The summed E-state index contributed by atoms with van der Waals surface area (Å²) in [6.07, 6.45) is 2.38. The highest BCUT2D eigenvalue weighted by Gasteiger charge is 2.15. The summed E-state index contributed by atoms with van der Waals surface area (Å²) >= 11 is 0. The Balaban J connectivity index is 1.97. The van der Waals surface area contributed by atoms with Gasteiger partial charge in [0.1, 0.15) is 11.6 Å². The lowest BCUT2D eigenvalue weighted by atomic mass is 10.1. The molecule has 0 bridgehead atoms. The van der Waals surface area contributed by atoms with Crippen LogP contribution < -0.4 is 9.47 Å². The van der Waals surface area contributed by atoms with Gasteiger partial charge in [0.15, 0.2) is 18.2 Å². The van der Waals surface area contributed by atoms with Gasteiger partial charge in [-0.15, -0.1) is 0 Å². The lowest BCUT2D eigenvalue weighted by molar-refractivity contribution is -0.136. The minimum Gasteiger partial charge on any atom is -0.496 e. The van der Waals surface area contributed by atoms with Gasteiger partial charge < -0.3 is 14.2 Å². The van der Waals surface area contributed by atoms with E-state index in [1.165, 1.54) is 38.5 Å². The molecule has 5 nitrogen and oxygen atoms in total. The van der Waals surface area contributed by atoms with E-state index in [0.717, 1.165) is 18.2 Å². The molecule has 0 N–H and O–H groups in total. The van der Waals surface area contributed by atoms with E-state index in [1.54, 1.807) is 6.07 Å². The van der Waals surface area contributed by atoms with Gasteiger partial charge in [0, 0.05) is 6.08 Å². The first-order valence-electron chi connectivity index (χ1n) is 7.49. The monoisotopic (exact) mass is 362 g/mol. The molecule has 0 fully saturated rings. The predicted octanol–water partition coefficient (Wildman–Crippen LogP) is 3.42. The summed E-state index contributed by atoms with van der Waals surface area (Å²) in [4.78, 5) is 23.8. The molecule has 2 aromatic carbocycles. The SMILES string of the molecule is COc1ccc(/C=C/C(=O)OCC(=O)c2cc(F)ccc2OC)cc1F. The van der Waals surface area contributed by atoms with Crippen molar-refractivity contribution in [2.75, 3.05) is 20.8 Å². The largest absolute Gasteiger partial charge is 0.496 e. The fraction of sp³-hybridized carbons (Fsp3) is 0.158. The van der Waals surface area contributed by atoms with Crippen molar-refractivity contribution in [1.29, 1.82) is 0 Å². The van der Waals surface area contributed by atoms with Crippen LogP contribution >= 0.6 is 0 Å². The number of esters is 1. The van der Waals surface area contributed by atoms with Crippen LogP contribution in [0.5, 0.6) is 11.5 Å². The van der Waals surface area contributed by atoms with Crippen molar-refractivity contribution in [2.45, 2.75) is 0 Å². The van der Waals surface area contributed by atoms with Crippen LogP contribution in [0.15, 0.2) is 42.5 Å². The van der Waals surface area contributed by atoms with E-state index in [-0.39, 0.29) is 17.1 Å². The second kappa shape index (κ2) is 8.75. The van der Waals surface area contributed by atoms with Crippen LogP contribution in [0.4, 0.5) is 8.78 Å². The zero-order chi connectivity index (χ0) is 19.1. The standard InChI is InChI=1S/C19H16F2O5/c1-24-17-7-5-13(20)10-14(17)16(22)11-26-19(23)8-4-12-3-6-18(25-2)15(21)9-12/h3-10H,11H2,1-2H3/b8-4+. The molecule has 0 radical (unpaired) electrons. The maximum atomic E-state index is 13.6. The van der Waals surface area contributed by atoms with Crippen molar-refractivity contribution in [2.24, 2.45) is 0 Å². The number of Topliss-reactive ketones (excluding diaryl/α,β-unsaturated/α-hetero) is 1. The minimum atomic E-state index is -0.801. The average Bonchev–Trinajstić information content (AvgIpc) is 2.64. The van der Waals surface area contributed by atoms with E-state index in [1.807, 2.05) is 0 Å². The normalized spacial score (nSPS) is 10.6. The predicted molar refractivity (Wildman–Crippen MR) is 90.2 cm³/mol. The summed E-state index contributed by atoms with van der Waals surface area (Å²) in [6.45, 7) is -0.583. The van der Waals surface area contributed by atoms with Gasteiger partial charge in [-0.05, 0) is 42.0 Å². The van der Waals surface area contributed by atoms with Crippen molar-refractivity contribution < 1.29 is 32.6 Å². The molecule has 0 aromatic heterocycles. The van der Waals surface area contributed by atoms with Crippen molar-refractivity contribution in [1.82, 2.24) is 0 Å². The highest BCUT2D eigenvalue weighted by molar-refractivity contribution is 6.01. The summed E-state index contributed by atoms with van der Waals surface area (Å²) in [5.41, 5.74) is 0.389. The maximum absolute atomic E-state index is 13.6. The third-order valence-electron chi connectivity index (χ3n) is 3.40. The van der Waals surface area contributed by atoms with Gasteiger partial charge in [0.2, 0.25) is 5.78 Å². The summed E-state index contributed by atoms with van der Waals surface area (Å²) in [5.74, 6) is -2.34. The first-order chi connectivity index (χ1) is 12.4. The Morgan fingerprint density at radius 3 is 2.35 bits per heavy atom. The van der Waals surface area contributed by atoms with Gasteiger partial charge in [-0.25, -0.2) is 13.6 Å². The third-order valence-corrected chi connectivity index (χ3v) is 3.40. The number of carbonyl (C=O) groups is 2. The fourth-order valence-electron chi connectivity index (χ4n) is 2.11. The summed E-state index contributed by atoms with van der Waals surface area (Å²) in [7, 11) is 2.68. The Labute approximate surface area is 148 Å². The molecule has 7 heteroatoms. The Bertz CT molecular complexity index is 846. The first kappa shape index (κ1) is 19.1. The number of ketones is 1. The second-order valence-corrected chi connectivity index (χ2v) is 5.10. The highest BCUT2D eigenvalue weighted by atomic mass is 19.1. The van der Waals surface area contributed by atoms with E-state index < -0.39 is 30.0 Å². The number of benzene rings is 2. The van der Waals surface area contributed by atoms with Crippen LogP contribution in [0.1, 0.15) is 15.9 Å². The van der Waals surface area contributed by atoms with E-state index in [2.05, 4.69) is 0 Å². The summed E-state index contributed by atoms with van der Waals surface area (Å²) < 4.78 is 41.4. The molecule has 0 unspecified atom stereocenters. The molecule has 0 aliphatic heterocycles. The lowest BCUT2D eigenvalue weighted by Crippen LogP contribution is -2.13. The van der Waals surface area contributed by atoms with Gasteiger partial charge in [-0.3, -0.25) is 4.79 Å². The quantitative estimate of drug-likeness (QED) is 0.429. The molecule has 0 saturated carbocycles. The summed E-state index contributed by atoms with van der Waals surface area (Å²) in [5, 5.41) is 0. The van der Waals surface area contributed by atoms with E-state index >= 15 is 0 Å². The van der Waals surface area contributed by atoms with Crippen LogP contribution in [-0.4, -0.2) is 32.6 Å². The van der Waals surface area contributed by atoms with Gasteiger partial charge in [0.05, 0.1) is 19.8 Å². The van der Waals surface area contributed by atoms with E-state index in [9.17, 15) is 18.4 Å². The van der Waals surface area contributed by atoms with E-state index in [0.29, 0.717) is 5.56 Å². The average molecular weight is 362 g/mol. The Morgan fingerprint density at radius 1 is 1.00 bits per heavy atom. The number of hydrogen-bond donors (Lipinski definition) is 0. The molecule has 0 heterocycles. The maximum Gasteiger partial charge on any atom is 0.331 e. The zero-order valence-corrected chi connectivity index (χ0v) is 14.1. The molecule has 26 heavy (non-hydrogen) atoms. The molecule has 136 valence electrons. The first-order valence-corrected chi connectivity index (χ1v) is 7.49. The van der Waals surface area contributed by atoms with Gasteiger partial charge in [0.25, 0.3) is 0 Å². The third kappa shape index (κ3) is 4.89. The number of hydrogen-bond acceptors (Lipinski definition) is 5. The van der Waals surface area contributed by atoms with Crippen LogP contribution in [0, 0.1) is 11.6 Å². The molecule has 0 atom stereocenters. The van der Waals surface area contributed by atoms with Crippen molar-refractivity contribution in [3.63, 3.8) is 0 Å². The Morgan fingerprint density at radius 2 is 1.69 bits per heavy atom. The molecule has 0 aliphatic rings. The Kier molecular flexibility index (Phi) is 6.43. The van der Waals surface area contributed by atoms with E-state index in [4.69, 9.17) is 14.2 Å². The van der Waals surface area contributed by atoms with Crippen LogP contribution in [0.2, 0.25) is 0 Å².